The first-order chi connectivity index (χ1) is 10.9. The molecule has 2 aromatic heterocycles. The molecule has 2 unspecified atom stereocenters. The zero-order valence-electron chi connectivity index (χ0n) is 11.5. The number of carbonyl (C=O) groups is 3. The molecule has 1 N–H and O–H groups in total. The van der Waals surface area contributed by atoms with Crippen molar-refractivity contribution >= 4 is 51.7 Å². The van der Waals surface area contributed by atoms with E-state index in [9.17, 15) is 14.4 Å². The number of benzene rings is 1. The Bertz CT molecular complexity index is 839. The number of nitrogens with one attached hydrogen (secondary N) is 1. The van der Waals surface area contributed by atoms with E-state index in [1.54, 1.807) is 6.92 Å². The van der Waals surface area contributed by atoms with Crippen LogP contribution in [0.25, 0.3) is 11.2 Å². The van der Waals surface area contributed by atoms with Gasteiger partial charge in [0.15, 0.2) is 0 Å². The van der Waals surface area contributed by atoms with Gasteiger partial charge >= 0.3 is 154 Å². The van der Waals surface area contributed by atoms with Crippen molar-refractivity contribution in [2.45, 2.75) is 14.4 Å². The van der Waals surface area contributed by atoms with E-state index < -0.39 is 27.9 Å². The minimum absolute atomic E-state index is 0.0441. The number of hydrogen-bond acceptors (Lipinski definition) is 8. The summed E-state index contributed by atoms with van der Waals surface area (Å²) in [7, 11) is 0. The summed E-state index contributed by atoms with van der Waals surface area (Å²) in [5.74, 6) is -1.63. The number of furan rings is 2. The van der Waals surface area contributed by atoms with Crippen molar-refractivity contribution < 1.29 is 54.5 Å². The molecule has 4 heterocycles. The monoisotopic (exact) mass is 544 g/mol. The van der Waals surface area contributed by atoms with Gasteiger partial charge in [-0.2, -0.15) is 0 Å². The summed E-state index contributed by atoms with van der Waals surface area (Å²) < 4.78 is 23.0. The molecule has 2 aliphatic rings. The molecule has 2 atom stereocenters. The summed E-state index contributed by atoms with van der Waals surface area (Å²) in [6, 6.07) is 1.45. The summed E-state index contributed by atoms with van der Waals surface area (Å²) in [5.41, 5.74) is 0.844. The molecular formula is C13H8I2NO7-. The Kier molecular flexibility index (Phi) is 3.46. The molecule has 2 bridgehead atoms. The van der Waals surface area contributed by atoms with Crippen molar-refractivity contribution in [2.24, 2.45) is 0 Å². The molecule has 122 valence electrons. The van der Waals surface area contributed by atoms with E-state index in [0.717, 1.165) is 0 Å². The fourth-order valence-electron chi connectivity index (χ4n) is 2.12. The Balaban J connectivity index is 1.39. The van der Waals surface area contributed by atoms with Gasteiger partial charge in [0.05, 0.1) is 0 Å². The maximum absolute atomic E-state index is 12.0. The molecule has 8 nitrogen and oxygen atoms in total. The quantitative estimate of drug-likeness (QED) is 0.0874. The van der Waals surface area contributed by atoms with Crippen LogP contribution in [0.15, 0.2) is 10.5 Å². The SMILES string of the molecule is CC(I)(C(=O)OCC(=O)Oc1c2c3oc1cc3C(=O)O2)C1N[I-]1. The predicted molar refractivity (Wildman–Crippen MR) is 78.3 cm³/mol. The average molecular weight is 544 g/mol. The topological polar surface area (TPSA) is 114 Å². The van der Waals surface area contributed by atoms with E-state index >= 15 is 0 Å². The fourth-order valence-corrected chi connectivity index (χ4v) is 5.46. The second-order valence-corrected chi connectivity index (χ2v) is 9.84. The third kappa shape index (κ3) is 2.46. The maximum atomic E-state index is 12.0. The second-order valence-electron chi connectivity index (χ2n) is 5.11. The summed E-state index contributed by atoms with van der Waals surface area (Å²) in [5, 5.41) is 0. The molecule has 0 saturated carbocycles. The number of alkyl halides is 2. The molecule has 10 heteroatoms. The van der Waals surface area contributed by atoms with Gasteiger partial charge in [0, 0.05) is 0 Å². The van der Waals surface area contributed by atoms with Crippen LogP contribution >= 0.6 is 22.6 Å². The van der Waals surface area contributed by atoms with Gasteiger partial charge in [0.2, 0.25) is 0 Å². The van der Waals surface area contributed by atoms with E-state index in [-0.39, 0.29) is 48.2 Å². The number of hydrogen-bond donors (Lipinski definition) is 1. The van der Waals surface area contributed by atoms with Crippen LogP contribution in [0.3, 0.4) is 0 Å². The van der Waals surface area contributed by atoms with Crippen LogP contribution in [0.1, 0.15) is 17.3 Å². The van der Waals surface area contributed by atoms with Gasteiger partial charge in [-0.3, -0.25) is 0 Å². The number of rotatable bonds is 5. The normalized spacial score (nSPS) is 21.5. The summed E-state index contributed by atoms with van der Waals surface area (Å²) in [6.45, 7) is 1.24. The van der Waals surface area contributed by atoms with Crippen LogP contribution in [-0.2, 0) is 14.3 Å². The summed E-state index contributed by atoms with van der Waals surface area (Å²) in [6.07, 6.45) is 0. The molecule has 1 saturated heterocycles. The molecule has 0 amide bonds. The van der Waals surface area contributed by atoms with Gasteiger partial charge in [0.25, 0.3) is 0 Å². The van der Waals surface area contributed by atoms with Gasteiger partial charge in [0.1, 0.15) is 0 Å². The zero-order chi connectivity index (χ0) is 16.4. The molecule has 0 aromatic carbocycles. The number of carbonyl (C=O) groups excluding carboxylic acids is 3. The third-order valence-corrected chi connectivity index (χ3v) is 8.16. The average Bonchev–Trinajstić information content (AvgIpc) is 3.15. The molecule has 4 rings (SSSR count). The van der Waals surface area contributed by atoms with Gasteiger partial charge in [-0.25, -0.2) is 0 Å². The Hall–Kier alpha value is -1.15. The van der Waals surface area contributed by atoms with E-state index in [2.05, 4.69) is 3.53 Å². The Morgan fingerprint density at radius 1 is 1.52 bits per heavy atom. The first-order valence-electron chi connectivity index (χ1n) is 6.43. The third-order valence-electron chi connectivity index (χ3n) is 3.41. The minimum atomic E-state index is -0.770. The number of esters is 3. The van der Waals surface area contributed by atoms with Crippen molar-refractivity contribution in [1.82, 2.24) is 3.53 Å². The Morgan fingerprint density at radius 3 is 2.96 bits per heavy atom. The zero-order valence-corrected chi connectivity index (χ0v) is 15.8. The Morgan fingerprint density at radius 2 is 2.26 bits per heavy atom. The van der Waals surface area contributed by atoms with E-state index in [1.807, 2.05) is 22.6 Å². The van der Waals surface area contributed by atoms with Crippen molar-refractivity contribution in [1.29, 1.82) is 0 Å². The van der Waals surface area contributed by atoms with E-state index in [4.69, 9.17) is 18.6 Å². The first-order valence-corrected chi connectivity index (χ1v) is 9.84. The fraction of sp³-hybridized carbons (Fsp3) is 0.308. The summed E-state index contributed by atoms with van der Waals surface area (Å²) in [4.78, 5) is 35.3. The van der Waals surface area contributed by atoms with Gasteiger partial charge in [-0.1, -0.05) is 0 Å². The van der Waals surface area contributed by atoms with Crippen LogP contribution in [0, 0.1) is 0 Å². The molecule has 1 fully saturated rings. The second kappa shape index (κ2) is 5.17. The molecule has 0 radical (unpaired) electrons. The van der Waals surface area contributed by atoms with Gasteiger partial charge in [-0.05, 0) is 0 Å². The Labute approximate surface area is 153 Å². The van der Waals surface area contributed by atoms with Gasteiger partial charge < -0.3 is 0 Å². The van der Waals surface area contributed by atoms with E-state index in [1.165, 1.54) is 6.07 Å². The number of ether oxygens (including phenoxy) is 3. The number of fused-ring (bicyclic) bond motifs is 1. The summed E-state index contributed by atoms with van der Waals surface area (Å²) >= 11 is 1.86. The molecular weight excluding hydrogens is 536 g/mol. The first kappa shape index (κ1) is 15.4. The molecule has 0 spiro atoms. The van der Waals surface area contributed by atoms with Crippen LogP contribution in [0.5, 0.6) is 11.5 Å². The van der Waals surface area contributed by atoms with Crippen LogP contribution in [-0.4, -0.2) is 32.0 Å². The van der Waals surface area contributed by atoms with Gasteiger partial charge in [-0.15, -0.1) is 0 Å². The molecule has 2 aromatic rings. The van der Waals surface area contributed by atoms with E-state index in [0.29, 0.717) is 5.56 Å². The predicted octanol–water partition coefficient (Wildman–Crippen LogP) is -2.02. The van der Waals surface area contributed by atoms with Crippen molar-refractivity contribution in [2.75, 3.05) is 6.61 Å². The van der Waals surface area contributed by atoms with Crippen molar-refractivity contribution in [3.8, 4) is 11.5 Å². The van der Waals surface area contributed by atoms with Crippen molar-refractivity contribution in [3.05, 3.63) is 11.6 Å². The van der Waals surface area contributed by atoms with Crippen LogP contribution in [0.4, 0.5) is 0 Å². The molecule has 2 aliphatic heterocycles. The van der Waals surface area contributed by atoms with Crippen LogP contribution < -0.4 is 34.5 Å². The van der Waals surface area contributed by atoms with Crippen molar-refractivity contribution in [3.63, 3.8) is 0 Å². The number of halogens is 2. The van der Waals surface area contributed by atoms with Crippen LogP contribution in [0.2, 0.25) is 0 Å². The molecule has 0 aliphatic carbocycles. The standard InChI is InChI=1S/C13H8I2NO7/c1-13(14,11-15-16-11)12(19)20-3-6(17)22-8-5-2-4-7(21-5)9(8)23-10(4)18/h2,11,16H,3H2,1H3/q-1. The molecule has 23 heavy (non-hydrogen) atoms.